The van der Waals surface area contributed by atoms with Crippen molar-refractivity contribution in [1.82, 2.24) is 41.1 Å². The molecular formula is C53H67F2N9O15S. The first kappa shape index (κ1) is 62.6. The second-order valence-electron chi connectivity index (χ2n) is 19.8. The van der Waals surface area contributed by atoms with E-state index in [0.717, 1.165) is 35.5 Å². The number of nitrogens with two attached hydrogens (primary N) is 1. The number of nitrogens with zero attached hydrogens (tertiary/aromatic N) is 3. The minimum Gasteiger partial charge on any atom is -0.481 e. The quantitative estimate of drug-likeness (QED) is 0.0338. The molecule has 1 aliphatic heterocycles. The number of amides is 9. The number of halogens is 2. The Hall–Kier alpha value is -8.23. The van der Waals surface area contributed by atoms with Crippen LogP contribution >= 0.6 is 11.8 Å². The van der Waals surface area contributed by atoms with Gasteiger partial charge in [0.2, 0.25) is 41.4 Å². The van der Waals surface area contributed by atoms with Crippen LogP contribution in [0.5, 0.6) is 0 Å². The molecule has 3 aromatic rings. The van der Waals surface area contributed by atoms with Crippen molar-refractivity contribution in [2.24, 2.45) is 11.1 Å². The van der Waals surface area contributed by atoms with Crippen LogP contribution in [0, 0.1) is 17.0 Å². The molecule has 0 unspecified atom stereocenters. The highest BCUT2D eigenvalue weighted by molar-refractivity contribution is 7.99. The number of aliphatic carboxylic acids is 2. The van der Waals surface area contributed by atoms with Crippen molar-refractivity contribution in [2.75, 3.05) is 24.6 Å². The first-order valence-electron chi connectivity index (χ1n) is 25.9. The van der Waals surface area contributed by atoms with Gasteiger partial charge in [-0.15, -0.1) is 5.06 Å². The van der Waals surface area contributed by atoms with Gasteiger partial charge in [0.25, 0.3) is 11.8 Å². The first-order valence-corrected chi connectivity index (χ1v) is 26.6. The van der Waals surface area contributed by atoms with Gasteiger partial charge in [-0.05, 0) is 61.9 Å². The number of thioether (sulfide) groups is 1. The zero-order valence-electron chi connectivity index (χ0n) is 45.8. The van der Waals surface area contributed by atoms with Crippen LogP contribution in [-0.2, 0) is 68.9 Å². The number of carbonyl (C=O) groups excluding carboxylic acids is 10. The Balaban J connectivity index is 1.49. The molecule has 1 aliphatic rings. The lowest BCUT2D eigenvalue weighted by molar-refractivity contribution is -0.197. The monoisotopic (exact) mass is 1140 g/mol. The minimum absolute atomic E-state index is 0.00311. The Labute approximate surface area is 465 Å². The molecule has 24 nitrogen and oxygen atoms in total. The number of hydrogen-bond acceptors (Lipinski definition) is 14. The summed E-state index contributed by atoms with van der Waals surface area (Å²) < 4.78 is 40.0. The fraction of sp³-hybridized carbons (Fsp3) is 0.472. The standard InChI is InChI=1S/C53H67F2N9O15S/c1-30(58-41(66)13-9-14-47(73)79-64-43(68)17-18-44(64)69)49(74)59-31(2)50(75)61-37(25-40(56)65)51(76)57-20-10-21-63(45(70)29-80-22-19-42(67)60-38(52(77)78)26-46(71)72)48(53(3,4)5)39-23-33(35-24-34(54)15-16-36(35)55)28-62(39)27-32-11-7-6-8-12-32/h6-8,11-12,15-16,23-24,28,30-31,37-38,48H,9-10,13-14,17-22,25-27,29H2,1-5H3,(H2,56,65)(H,57,76)(H,58,66)(H,59,74)(H,60,67)(H,61,75)(H,71,72)(H,77,78)/t30-,31-,37-,38+,48-/m0/s1/i/hD. The van der Waals surface area contributed by atoms with Gasteiger partial charge >= 0.3 is 17.9 Å². The zero-order chi connectivity index (χ0) is 60.3. The second-order valence-corrected chi connectivity index (χ2v) is 20.9. The molecule has 9 N–H and O–H groups in total. The van der Waals surface area contributed by atoms with Crippen LogP contribution in [0.25, 0.3) is 11.1 Å². The fourth-order valence-corrected chi connectivity index (χ4v) is 9.09. The second kappa shape index (κ2) is 30.2. The number of imide groups is 1. The van der Waals surface area contributed by atoms with E-state index in [-0.39, 0.29) is 68.8 Å². The lowest BCUT2D eigenvalue weighted by Crippen LogP contribution is -2.56. The molecule has 434 valence electrons. The van der Waals surface area contributed by atoms with Gasteiger partial charge in [-0.1, -0.05) is 51.1 Å². The average molecular weight is 1140 g/mol. The van der Waals surface area contributed by atoms with Crippen LogP contribution in [0.4, 0.5) is 8.78 Å². The number of primary amides is 1. The van der Waals surface area contributed by atoms with E-state index < -0.39 is 144 Å². The van der Waals surface area contributed by atoms with Gasteiger partial charge in [0, 0.05) is 80.5 Å². The maximum absolute atomic E-state index is 15.4. The molecule has 5 atom stereocenters. The van der Waals surface area contributed by atoms with Gasteiger partial charge in [0.15, 0.2) is 1.41 Å². The molecule has 2 heterocycles. The maximum Gasteiger partial charge on any atom is 0.333 e. The van der Waals surface area contributed by atoms with Crippen LogP contribution in [-0.4, -0.2) is 145 Å². The summed E-state index contributed by atoms with van der Waals surface area (Å²) in [4.78, 5) is 157. The van der Waals surface area contributed by atoms with Gasteiger partial charge in [0.05, 0.1) is 24.6 Å². The molecule has 1 aromatic heterocycles. The molecule has 2 aromatic carbocycles. The molecule has 0 spiro atoms. The van der Waals surface area contributed by atoms with Crippen molar-refractivity contribution in [1.29, 1.82) is 0 Å². The number of rotatable bonds is 31. The lowest BCUT2D eigenvalue weighted by atomic mass is 9.83. The fourth-order valence-electron chi connectivity index (χ4n) is 8.28. The highest BCUT2D eigenvalue weighted by Gasteiger charge is 2.38. The Morgan fingerprint density at radius 2 is 1.48 bits per heavy atom. The van der Waals surface area contributed by atoms with E-state index in [1.165, 1.54) is 18.7 Å². The topological polar surface area (TPSA) is 352 Å². The Morgan fingerprint density at radius 1 is 0.812 bits per heavy atom. The van der Waals surface area contributed by atoms with E-state index in [1.54, 1.807) is 12.3 Å². The molecule has 0 radical (unpaired) electrons. The van der Waals surface area contributed by atoms with Crippen LogP contribution in [0.3, 0.4) is 0 Å². The van der Waals surface area contributed by atoms with Gasteiger partial charge in [-0.2, -0.15) is 11.8 Å². The number of carboxylic acid groups (broad SMARTS) is 2. The van der Waals surface area contributed by atoms with Crippen molar-refractivity contribution in [2.45, 2.75) is 129 Å². The number of hydrogen-bond donors (Lipinski definition) is 8. The molecule has 4 rings (SSSR count). The van der Waals surface area contributed by atoms with Gasteiger partial charge in [0.1, 0.15) is 35.8 Å². The first-order chi connectivity index (χ1) is 38.1. The van der Waals surface area contributed by atoms with E-state index in [2.05, 4.69) is 21.3 Å². The van der Waals surface area contributed by atoms with Crippen LogP contribution < -0.4 is 32.3 Å². The molecule has 9 amide bonds. The van der Waals surface area contributed by atoms with E-state index >= 15 is 4.39 Å². The summed E-state index contributed by atoms with van der Waals surface area (Å²) in [6.45, 7) is 7.98. The molecule has 0 bridgehead atoms. The van der Waals surface area contributed by atoms with Gasteiger partial charge < -0.3 is 56.8 Å². The van der Waals surface area contributed by atoms with Gasteiger partial charge in [-0.25, -0.2) is 18.4 Å². The maximum atomic E-state index is 15.4. The van der Waals surface area contributed by atoms with Crippen molar-refractivity contribution in [3.63, 3.8) is 0 Å². The molecule has 80 heavy (non-hydrogen) atoms. The van der Waals surface area contributed by atoms with E-state index in [1.807, 2.05) is 55.7 Å². The van der Waals surface area contributed by atoms with Crippen LogP contribution in [0.15, 0.2) is 60.8 Å². The summed E-state index contributed by atoms with van der Waals surface area (Å²) in [5.74, 6) is -12.9. The van der Waals surface area contributed by atoms with Crippen molar-refractivity contribution in [3.8, 4) is 11.1 Å². The molecule has 1 saturated heterocycles. The van der Waals surface area contributed by atoms with E-state index in [4.69, 9.17) is 17.1 Å². The number of nitrogens with one attached hydrogen (secondary N) is 5. The summed E-state index contributed by atoms with van der Waals surface area (Å²) >= 11 is 1.03. The Morgan fingerprint density at radius 3 is 2.10 bits per heavy atom. The normalized spacial score (nSPS) is 14.3. The third kappa shape index (κ3) is 20.2. The van der Waals surface area contributed by atoms with Crippen molar-refractivity contribution < 1.29 is 82.8 Å². The Bertz CT molecular complexity index is 2820. The molecular weight excluding hydrogens is 1070 g/mol. The predicted octanol–water partition coefficient (Wildman–Crippen LogP) is 2.22. The molecule has 0 saturated carbocycles. The summed E-state index contributed by atoms with van der Waals surface area (Å²) in [6.07, 6.45) is -1.35. The summed E-state index contributed by atoms with van der Waals surface area (Å²) in [7, 11) is 0. The van der Waals surface area contributed by atoms with Crippen molar-refractivity contribution in [3.05, 3.63) is 83.7 Å². The third-order valence-corrected chi connectivity index (χ3v) is 13.1. The molecule has 1 fully saturated rings. The summed E-state index contributed by atoms with van der Waals surface area (Å²) in [6, 6.07) is 6.92. The lowest BCUT2D eigenvalue weighted by Gasteiger charge is -2.41. The number of aromatic nitrogens is 1. The minimum atomic E-state index is -1.68. The molecule has 0 aliphatic carbocycles. The van der Waals surface area contributed by atoms with Crippen molar-refractivity contribution >= 4 is 82.8 Å². The Kier molecular flexibility index (Phi) is 23.7. The third-order valence-electron chi connectivity index (χ3n) is 12.2. The number of benzene rings is 2. The van der Waals surface area contributed by atoms with Gasteiger partial charge in [-0.3, -0.25) is 47.9 Å². The molecule has 27 heteroatoms. The van der Waals surface area contributed by atoms with E-state index in [0.29, 0.717) is 21.6 Å². The highest BCUT2D eigenvalue weighted by atomic mass is 32.2. The summed E-state index contributed by atoms with van der Waals surface area (Å²) in [5, 5.41) is 28.6. The zero-order valence-corrected chi connectivity index (χ0v) is 45.6. The summed E-state index contributed by atoms with van der Waals surface area (Å²) in [5.41, 5.74) is 6.24. The number of hydroxylamine groups is 2. The predicted molar refractivity (Wildman–Crippen MR) is 283 cm³/mol. The largest absolute Gasteiger partial charge is 0.481 e. The average Bonchev–Trinajstić information content (AvgIpc) is 3.94. The van der Waals surface area contributed by atoms with E-state index in [9.17, 15) is 67.0 Å². The number of carboxylic acids is 2. The van der Waals surface area contributed by atoms with Crippen LogP contribution in [0.1, 0.15) is 110 Å². The van der Waals surface area contributed by atoms with Crippen LogP contribution in [0.2, 0.25) is 1.41 Å². The smallest absolute Gasteiger partial charge is 0.333 e. The SMILES string of the molecule is [2H]N(C(=O)CCCC(=O)ON1C(=O)CCC1=O)[C@@H](C)C(=O)N[C@@H](C)C(=O)N[C@@H](CC(N)=O)C(=O)NCCCN(C(=O)CSCCC(=O)N[C@H](CC(=O)O)C(=O)O)[C@@H](c1cc(-c2cc(F)ccc2F)cn1Cc1ccccc1)C(C)(C)C. The number of carbonyl (C=O) groups is 12. The highest BCUT2D eigenvalue weighted by Crippen LogP contribution is 2.41.